The Kier molecular flexibility index (Phi) is 4.63. The highest BCUT2D eigenvalue weighted by molar-refractivity contribution is 6.17. The van der Waals surface area contributed by atoms with Gasteiger partial charge in [0.2, 0.25) is 0 Å². The molecule has 0 amide bonds. The lowest BCUT2D eigenvalue weighted by Crippen LogP contribution is -1.98. The molecule has 0 atom stereocenters. The van der Waals surface area contributed by atoms with Crippen LogP contribution in [-0.4, -0.2) is 11.6 Å². The number of alkyl halides is 1. The topological polar surface area (TPSA) is 34.1 Å². The van der Waals surface area contributed by atoms with E-state index in [1.807, 2.05) is 44.3 Å². The van der Waals surface area contributed by atoms with Crippen molar-refractivity contribution in [2.24, 2.45) is 0 Å². The number of pyridine rings is 1. The second-order valence-electron chi connectivity index (χ2n) is 4.20. The molecule has 0 radical (unpaired) electrons. The van der Waals surface area contributed by atoms with Crippen molar-refractivity contribution >= 4 is 23.0 Å². The summed E-state index contributed by atoms with van der Waals surface area (Å²) in [4.78, 5) is 4.08. The molecule has 0 aliphatic rings. The molecule has 0 spiro atoms. The van der Waals surface area contributed by atoms with E-state index in [-0.39, 0.29) is 0 Å². The van der Waals surface area contributed by atoms with Gasteiger partial charge in [0.1, 0.15) is 5.75 Å². The molecule has 1 aromatic heterocycles. The number of anilines is 2. The monoisotopic (exact) mass is 276 g/mol. The van der Waals surface area contributed by atoms with Gasteiger partial charge in [-0.2, -0.15) is 0 Å². The smallest absolute Gasteiger partial charge is 0.123 e. The molecule has 2 rings (SSSR count). The van der Waals surface area contributed by atoms with Gasteiger partial charge in [0.25, 0.3) is 0 Å². The number of rotatable bonds is 5. The Labute approximate surface area is 118 Å². The van der Waals surface area contributed by atoms with Crippen molar-refractivity contribution in [2.45, 2.75) is 19.7 Å². The standard InChI is InChI=1S/C15H17ClN2O/c1-3-19-15-5-4-13(8-12(15)9-16)18-14-6-7-17-10-11(14)2/h4-8,10H,3,9H2,1-2H3,(H,17,18). The molecule has 1 heterocycles. The van der Waals surface area contributed by atoms with Crippen LogP contribution in [0.5, 0.6) is 5.75 Å². The third-order valence-corrected chi connectivity index (χ3v) is 3.09. The third kappa shape index (κ3) is 3.38. The second kappa shape index (κ2) is 6.43. The number of nitrogens with zero attached hydrogens (tertiary/aromatic N) is 1. The van der Waals surface area contributed by atoms with E-state index in [0.29, 0.717) is 12.5 Å². The molecule has 100 valence electrons. The summed E-state index contributed by atoms with van der Waals surface area (Å²) in [6.45, 7) is 4.62. The molecule has 0 unspecified atom stereocenters. The molecule has 0 aliphatic heterocycles. The maximum Gasteiger partial charge on any atom is 0.123 e. The summed E-state index contributed by atoms with van der Waals surface area (Å²) < 4.78 is 5.53. The van der Waals surface area contributed by atoms with Crippen LogP contribution >= 0.6 is 11.6 Å². The minimum absolute atomic E-state index is 0.431. The van der Waals surface area contributed by atoms with Crippen LogP contribution in [0.3, 0.4) is 0 Å². The lowest BCUT2D eigenvalue weighted by Gasteiger charge is -2.13. The van der Waals surface area contributed by atoms with Gasteiger partial charge >= 0.3 is 0 Å². The minimum Gasteiger partial charge on any atom is -0.494 e. The second-order valence-corrected chi connectivity index (χ2v) is 4.47. The lowest BCUT2D eigenvalue weighted by molar-refractivity contribution is 0.337. The fourth-order valence-electron chi connectivity index (χ4n) is 1.83. The largest absolute Gasteiger partial charge is 0.494 e. The Morgan fingerprint density at radius 1 is 1.32 bits per heavy atom. The lowest BCUT2D eigenvalue weighted by atomic mass is 10.2. The van der Waals surface area contributed by atoms with Crippen LogP contribution in [-0.2, 0) is 5.88 Å². The quantitative estimate of drug-likeness (QED) is 0.828. The Hall–Kier alpha value is -1.74. The highest BCUT2D eigenvalue weighted by Gasteiger charge is 2.05. The number of hydrogen-bond donors (Lipinski definition) is 1. The number of aryl methyl sites for hydroxylation is 1. The average Bonchev–Trinajstić information content (AvgIpc) is 2.43. The molecule has 19 heavy (non-hydrogen) atoms. The SMILES string of the molecule is CCOc1ccc(Nc2ccncc2C)cc1CCl. The predicted octanol–water partition coefficient (Wildman–Crippen LogP) is 4.27. The number of halogens is 1. The van der Waals surface area contributed by atoms with Crippen molar-refractivity contribution in [3.8, 4) is 5.75 Å². The summed E-state index contributed by atoms with van der Waals surface area (Å²) >= 11 is 5.96. The van der Waals surface area contributed by atoms with Crippen LogP contribution in [0.1, 0.15) is 18.1 Å². The molecule has 2 aromatic rings. The van der Waals surface area contributed by atoms with Gasteiger partial charge in [0.05, 0.1) is 12.5 Å². The van der Waals surface area contributed by atoms with E-state index >= 15 is 0 Å². The maximum absolute atomic E-state index is 5.96. The minimum atomic E-state index is 0.431. The van der Waals surface area contributed by atoms with Crippen LogP contribution in [0, 0.1) is 6.92 Å². The van der Waals surface area contributed by atoms with E-state index < -0.39 is 0 Å². The van der Waals surface area contributed by atoms with Crippen LogP contribution in [0.2, 0.25) is 0 Å². The van der Waals surface area contributed by atoms with Crippen LogP contribution in [0.25, 0.3) is 0 Å². The molecule has 0 bridgehead atoms. The maximum atomic E-state index is 5.96. The van der Waals surface area contributed by atoms with Gasteiger partial charge in [-0.15, -0.1) is 11.6 Å². The Morgan fingerprint density at radius 3 is 2.84 bits per heavy atom. The molecular weight excluding hydrogens is 260 g/mol. The number of nitrogens with one attached hydrogen (secondary N) is 1. The first-order chi connectivity index (χ1) is 9.24. The molecule has 0 saturated heterocycles. The zero-order valence-electron chi connectivity index (χ0n) is 11.1. The van der Waals surface area contributed by atoms with E-state index in [0.717, 1.165) is 28.3 Å². The normalized spacial score (nSPS) is 10.3. The van der Waals surface area contributed by atoms with E-state index in [4.69, 9.17) is 16.3 Å². The third-order valence-electron chi connectivity index (χ3n) is 2.80. The molecule has 1 aromatic carbocycles. The predicted molar refractivity (Wildman–Crippen MR) is 79.4 cm³/mol. The van der Waals surface area contributed by atoms with Crippen molar-refractivity contribution < 1.29 is 4.74 Å². The first-order valence-electron chi connectivity index (χ1n) is 6.24. The fourth-order valence-corrected chi connectivity index (χ4v) is 2.04. The van der Waals surface area contributed by atoms with E-state index in [1.54, 1.807) is 6.20 Å². The first-order valence-corrected chi connectivity index (χ1v) is 6.77. The molecule has 0 aliphatic carbocycles. The number of aromatic nitrogens is 1. The zero-order chi connectivity index (χ0) is 13.7. The van der Waals surface area contributed by atoms with Crippen molar-refractivity contribution in [3.05, 3.63) is 47.8 Å². The summed E-state index contributed by atoms with van der Waals surface area (Å²) in [5.41, 5.74) is 4.12. The van der Waals surface area contributed by atoms with Gasteiger partial charge in [0.15, 0.2) is 0 Å². The van der Waals surface area contributed by atoms with E-state index in [2.05, 4.69) is 10.3 Å². The van der Waals surface area contributed by atoms with Crippen LogP contribution < -0.4 is 10.1 Å². The number of benzene rings is 1. The van der Waals surface area contributed by atoms with Crippen molar-refractivity contribution in [2.75, 3.05) is 11.9 Å². The number of hydrogen-bond acceptors (Lipinski definition) is 3. The highest BCUT2D eigenvalue weighted by Crippen LogP contribution is 2.27. The van der Waals surface area contributed by atoms with Crippen molar-refractivity contribution in [1.29, 1.82) is 0 Å². The Balaban J connectivity index is 2.24. The van der Waals surface area contributed by atoms with Crippen LogP contribution in [0.4, 0.5) is 11.4 Å². The van der Waals surface area contributed by atoms with Gasteiger partial charge in [-0.25, -0.2) is 0 Å². The van der Waals surface area contributed by atoms with Crippen LogP contribution in [0.15, 0.2) is 36.7 Å². The van der Waals surface area contributed by atoms with Gasteiger partial charge in [0, 0.05) is 29.3 Å². The summed E-state index contributed by atoms with van der Waals surface area (Å²) in [6.07, 6.45) is 3.60. The summed E-state index contributed by atoms with van der Waals surface area (Å²) in [6, 6.07) is 7.89. The van der Waals surface area contributed by atoms with Crippen molar-refractivity contribution in [1.82, 2.24) is 4.98 Å². The molecule has 1 N–H and O–H groups in total. The highest BCUT2D eigenvalue weighted by atomic mass is 35.5. The molecule has 3 nitrogen and oxygen atoms in total. The molecule has 0 fully saturated rings. The van der Waals surface area contributed by atoms with Crippen molar-refractivity contribution in [3.63, 3.8) is 0 Å². The summed E-state index contributed by atoms with van der Waals surface area (Å²) in [5.74, 6) is 1.27. The van der Waals surface area contributed by atoms with Gasteiger partial charge in [-0.3, -0.25) is 4.98 Å². The Morgan fingerprint density at radius 2 is 2.16 bits per heavy atom. The molecular formula is C15H17ClN2O. The van der Waals surface area contributed by atoms with Gasteiger partial charge < -0.3 is 10.1 Å². The summed E-state index contributed by atoms with van der Waals surface area (Å²) in [5, 5.41) is 3.36. The first kappa shape index (κ1) is 13.7. The fraction of sp³-hybridized carbons (Fsp3) is 0.267. The zero-order valence-corrected chi connectivity index (χ0v) is 11.9. The van der Waals surface area contributed by atoms with Gasteiger partial charge in [-0.05, 0) is 43.7 Å². The summed E-state index contributed by atoms with van der Waals surface area (Å²) in [7, 11) is 0. The van der Waals surface area contributed by atoms with E-state index in [1.165, 1.54) is 0 Å². The van der Waals surface area contributed by atoms with Gasteiger partial charge in [-0.1, -0.05) is 0 Å². The Bertz CT molecular complexity index is 558. The molecule has 4 heteroatoms. The molecule has 0 saturated carbocycles. The average molecular weight is 277 g/mol. The van der Waals surface area contributed by atoms with E-state index in [9.17, 15) is 0 Å². The number of ether oxygens (including phenoxy) is 1.